The lowest BCUT2D eigenvalue weighted by molar-refractivity contribution is 0.102. The lowest BCUT2D eigenvalue weighted by atomic mass is 10.2. The highest BCUT2D eigenvalue weighted by Crippen LogP contribution is 2.12. The van der Waals surface area contributed by atoms with Gasteiger partial charge in [0.25, 0.3) is 5.91 Å². The average Bonchev–Trinajstić information content (AvgIpc) is 2.81. The van der Waals surface area contributed by atoms with Crippen molar-refractivity contribution in [3.8, 4) is 0 Å². The van der Waals surface area contributed by atoms with E-state index >= 15 is 0 Å². The SMILES string of the molecule is CCCNc1cc(C(=O)Nc2nc(C)no2)cc(C)n1. The van der Waals surface area contributed by atoms with Gasteiger partial charge in [0, 0.05) is 17.8 Å². The smallest absolute Gasteiger partial charge is 0.328 e. The minimum atomic E-state index is -0.307. The summed E-state index contributed by atoms with van der Waals surface area (Å²) in [5.41, 5.74) is 1.25. The van der Waals surface area contributed by atoms with Crippen LogP contribution in [0.5, 0.6) is 0 Å². The zero-order valence-corrected chi connectivity index (χ0v) is 11.7. The Morgan fingerprint density at radius 2 is 2.10 bits per heavy atom. The lowest BCUT2D eigenvalue weighted by Crippen LogP contribution is -2.14. The summed E-state index contributed by atoms with van der Waals surface area (Å²) < 4.78 is 4.86. The first-order valence-corrected chi connectivity index (χ1v) is 6.42. The molecule has 1 amide bonds. The van der Waals surface area contributed by atoms with Crippen molar-refractivity contribution in [3.05, 3.63) is 29.2 Å². The van der Waals surface area contributed by atoms with E-state index in [1.165, 1.54) is 0 Å². The maximum Gasteiger partial charge on any atom is 0.328 e. The van der Waals surface area contributed by atoms with Crippen LogP contribution in [0.2, 0.25) is 0 Å². The molecule has 0 fully saturated rings. The molecule has 0 aromatic carbocycles. The first kappa shape index (κ1) is 14.0. The predicted octanol–water partition coefficient (Wildman–Crippen LogP) is 2.16. The topological polar surface area (TPSA) is 92.9 Å². The van der Waals surface area contributed by atoms with Gasteiger partial charge in [-0.15, -0.1) is 0 Å². The van der Waals surface area contributed by atoms with E-state index in [1.807, 2.05) is 6.92 Å². The van der Waals surface area contributed by atoms with E-state index in [4.69, 9.17) is 4.52 Å². The van der Waals surface area contributed by atoms with Gasteiger partial charge in [-0.05, 0) is 32.4 Å². The van der Waals surface area contributed by atoms with Crippen LogP contribution in [0.25, 0.3) is 0 Å². The minimum Gasteiger partial charge on any atom is -0.370 e. The molecule has 7 nitrogen and oxygen atoms in total. The Hall–Kier alpha value is -2.44. The van der Waals surface area contributed by atoms with Crippen molar-refractivity contribution in [2.75, 3.05) is 17.2 Å². The predicted molar refractivity (Wildman–Crippen MR) is 74.7 cm³/mol. The number of hydrogen-bond acceptors (Lipinski definition) is 6. The Morgan fingerprint density at radius 1 is 1.30 bits per heavy atom. The van der Waals surface area contributed by atoms with E-state index in [2.05, 4.69) is 32.7 Å². The van der Waals surface area contributed by atoms with Crippen molar-refractivity contribution < 1.29 is 9.32 Å². The maximum absolute atomic E-state index is 12.1. The van der Waals surface area contributed by atoms with Crippen LogP contribution in [0.15, 0.2) is 16.7 Å². The molecule has 0 aliphatic rings. The monoisotopic (exact) mass is 275 g/mol. The molecule has 2 aromatic heterocycles. The molecule has 0 atom stereocenters. The summed E-state index contributed by atoms with van der Waals surface area (Å²) in [6.07, 6.45) is 0.985. The standard InChI is InChI=1S/C13H17N5O2/c1-4-5-14-11-7-10(6-8(2)15-11)12(19)17-13-16-9(3)18-20-13/h6-7H,4-5H2,1-3H3,(H,14,15)(H,16,17,18,19). The van der Waals surface area contributed by atoms with Crippen LogP contribution in [0, 0.1) is 13.8 Å². The van der Waals surface area contributed by atoms with Gasteiger partial charge in [-0.1, -0.05) is 12.1 Å². The molecular formula is C13H17N5O2. The van der Waals surface area contributed by atoms with Crippen molar-refractivity contribution in [3.63, 3.8) is 0 Å². The highest BCUT2D eigenvalue weighted by atomic mass is 16.5. The molecular weight excluding hydrogens is 258 g/mol. The number of nitrogens with zero attached hydrogens (tertiary/aromatic N) is 3. The fraction of sp³-hybridized carbons (Fsp3) is 0.385. The number of nitrogens with one attached hydrogen (secondary N) is 2. The number of aryl methyl sites for hydroxylation is 2. The normalized spacial score (nSPS) is 10.3. The zero-order chi connectivity index (χ0) is 14.5. The van der Waals surface area contributed by atoms with Crippen molar-refractivity contribution in [1.29, 1.82) is 0 Å². The number of carbonyl (C=O) groups excluding carboxylic acids is 1. The molecule has 0 aliphatic carbocycles. The summed E-state index contributed by atoms with van der Waals surface area (Å²) in [5, 5.41) is 9.32. The first-order chi connectivity index (χ1) is 9.58. The Kier molecular flexibility index (Phi) is 4.29. The largest absolute Gasteiger partial charge is 0.370 e. The number of rotatable bonds is 5. The molecule has 0 saturated heterocycles. The molecule has 2 N–H and O–H groups in total. The Morgan fingerprint density at radius 3 is 2.75 bits per heavy atom. The second-order valence-electron chi connectivity index (χ2n) is 4.41. The van der Waals surface area contributed by atoms with Gasteiger partial charge in [-0.3, -0.25) is 10.1 Å². The van der Waals surface area contributed by atoms with Gasteiger partial charge in [-0.25, -0.2) is 4.98 Å². The minimum absolute atomic E-state index is 0.0880. The molecule has 2 heterocycles. The van der Waals surface area contributed by atoms with Crippen LogP contribution in [-0.4, -0.2) is 27.6 Å². The number of carbonyl (C=O) groups is 1. The van der Waals surface area contributed by atoms with E-state index in [0.29, 0.717) is 17.2 Å². The highest BCUT2D eigenvalue weighted by Gasteiger charge is 2.12. The van der Waals surface area contributed by atoms with Gasteiger partial charge >= 0.3 is 6.01 Å². The fourth-order valence-corrected chi connectivity index (χ4v) is 1.66. The van der Waals surface area contributed by atoms with Crippen molar-refractivity contribution in [2.45, 2.75) is 27.2 Å². The molecule has 0 bridgehead atoms. The average molecular weight is 275 g/mol. The molecule has 20 heavy (non-hydrogen) atoms. The number of anilines is 2. The molecule has 0 unspecified atom stereocenters. The van der Waals surface area contributed by atoms with E-state index in [9.17, 15) is 4.79 Å². The molecule has 2 rings (SSSR count). The van der Waals surface area contributed by atoms with Crippen LogP contribution in [0.3, 0.4) is 0 Å². The lowest BCUT2D eigenvalue weighted by Gasteiger charge is -2.07. The Balaban J connectivity index is 2.14. The van der Waals surface area contributed by atoms with E-state index in [-0.39, 0.29) is 11.9 Å². The number of aromatic nitrogens is 3. The van der Waals surface area contributed by atoms with Crippen LogP contribution in [0.1, 0.15) is 35.2 Å². The second kappa shape index (κ2) is 6.14. The van der Waals surface area contributed by atoms with Gasteiger partial charge in [0.1, 0.15) is 5.82 Å². The molecule has 0 aliphatic heterocycles. The number of pyridine rings is 1. The van der Waals surface area contributed by atoms with Gasteiger partial charge in [0.15, 0.2) is 5.82 Å². The van der Waals surface area contributed by atoms with Gasteiger partial charge < -0.3 is 9.84 Å². The van der Waals surface area contributed by atoms with E-state index < -0.39 is 0 Å². The first-order valence-electron chi connectivity index (χ1n) is 6.42. The highest BCUT2D eigenvalue weighted by molar-refractivity contribution is 6.03. The number of amides is 1. The summed E-state index contributed by atoms with van der Waals surface area (Å²) in [6, 6.07) is 3.49. The third-order valence-corrected chi connectivity index (χ3v) is 2.52. The van der Waals surface area contributed by atoms with Gasteiger partial charge in [0.2, 0.25) is 0 Å². The van der Waals surface area contributed by atoms with Gasteiger partial charge in [0.05, 0.1) is 0 Å². The third kappa shape index (κ3) is 3.53. The molecule has 0 saturated carbocycles. The summed E-state index contributed by atoms with van der Waals surface area (Å²) >= 11 is 0. The second-order valence-corrected chi connectivity index (χ2v) is 4.41. The van der Waals surface area contributed by atoms with Crippen LogP contribution >= 0.6 is 0 Å². The van der Waals surface area contributed by atoms with Crippen LogP contribution < -0.4 is 10.6 Å². The van der Waals surface area contributed by atoms with E-state index in [0.717, 1.165) is 18.7 Å². The van der Waals surface area contributed by atoms with Crippen LogP contribution in [0.4, 0.5) is 11.8 Å². The van der Waals surface area contributed by atoms with Crippen molar-refractivity contribution in [2.24, 2.45) is 0 Å². The van der Waals surface area contributed by atoms with Crippen LogP contribution in [-0.2, 0) is 0 Å². The maximum atomic E-state index is 12.1. The molecule has 7 heteroatoms. The molecule has 2 aromatic rings. The van der Waals surface area contributed by atoms with E-state index in [1.54, 1.807) is 19.1 Å². The summed E-state index contributed by atoms with van der Waals surface area (Å²) in [5.74, 6) is 0.842. The summed E-state index contributed by atoms with van der Waals surface area (Å²) in [6.45, 7) is 6.39. The van der Waals surface area contributed by atoms with Gasteiger partial charge in [-0.2, -0.15) is 4.98 Å². The van der Waals surface area contributed by atoms with Crippen molar-refractivity contribution >= 4 is 17.7 Å². The fourth-order valence-electron chi connectivity index (χ4n) is 1.66. The number of hydrogen-bond donors (Lipinski definition) is 2. The summed E-state index contributed by atoms with van der Waals surface area (Å²) in [7, 11) is 0. The Bertz CT molecular complexity index is 609. The molecule has 0 spiro atoms. The molecule has 106 valence electrons. The summed E-state index contributed by atoms with van der Waals surface area (Å²) in [4.78, 5) is 20.4. The zero-order valence-electron chi connectivity index (χ0n) is 11.7. The quantitative estimate of drug-likeness (QED) is 0.868. The third-order valence-electron chi connectivity index (χ3n) is 2.52. The van der Waals surface area contributed by atoms with Crippen molar-refractivity contribution in [1.82, 2.24) is 15.1 Å². The molecule has 0 radical (unpaired) electrons. The Labute approximate surface area is 116 Å².